The molecule has 0 radical (unpaired) electrons. The largest absolute Gasteiger partial charge is 0.339 e. The van der Waals surface area contributed by atoms with Crippen LogP contribution in [0.15, 0.2) is 24.3 Å². The molecule has 0 bridgehead atoms. The van der Waals surface area contributed by atoms with Gasteiger partial charge in [0.15, 0.2) is 6.04 Å². The summed E-state index contributed by atoms with van der Waals surface area (Å²) in [6.45, 7) is 0. The molecule has 0 heterocycles. The van der Waals surface area contributed by atoms with Gasteiger partial charge >= 0.3 is 0 Å². The van der Waals surface area contributed by atoms with Gasteiger partial charge in [0.2, 0.25) is 0 Å². The summed E-state index contributed by atoms with van der Waals surface area (Å²) in [5.74, 6) is -0.293. The fourth-order valence-corrected chi connectivity index (χ4v) is 0.770. The van der Waals surface area contributed by atoms with Crippen LogP contribution in [-0.4, -0.2) is 0 Å². The van der Waals surface area contributed by atoms with E-state index in [0.717, 1.165) is 5.56 Å². The average Bonchev–Trinajstić information content (AvgIpc) is 2.05. The van der Waals surface area contributed by atoms with E-state index in [4.69, 9.17) is 5.26 Å². The fraction of sp³-hybridized carbons (Fsp3) is 0.125. The normalized spacial score (nSPS) is 12.1. The molecule has 1 aromatic carbocycles. The molecule has 0 saturated carbocycles. The lowest BCUT2D eigenvalue weighted by molar-refractivity contribution is -0.406. The van der Waals surface area contributed by atoms with Gasteiger partial charge in [-0.05, 0) is 24.3 Å². The van der Waals surface area contributed by atoms with Crippen LogP contribution in [0.25, 0.3) is 0 Å². The third kappa shape index (κ3) is 1.76. The van der Waals surface area contributed by atoms with Crippen molar-refractivity contribution in [1.82, 2.24) is 0 Å². The van der Waals surface area contributed by atoms with Crippen molar-refractivity contribution in [3.05, 3.63) is 35.6 Å². The van der Waals surface area contributed by atoms with E-state index in [1.54, 1.807) is 12.1 Å². The number of nitriles is 1. The molecule has 0 saturated heterocycles. The number of benzene rings is 1. The lowest BCUT2D eigenvalue weighted by Gasteiger charge is -1.97. The highest BCUT2D eigenvalue weighted by Crippen LogP contribution is 2.07. The Kier molecular flexibility index (Phi) is 2.19. The van der Waals surface area contributed by atoms with Crippen molar-refractivity contribution in [2.45, 2.75) is 6.04 Å². The molecule has 11 heavy (non-hydrogen) atoms. The summed E-state index contributed by atoms with van der Waals surface area (Å²) in [5, 5.41) is 8.45. The monoisotopic (exact) mass is 151 g/mol. The molecule has 1 atom stereocenters. The van der Waals surface area contributed by atoms with Crippen LogP contribution in [-0.2, 0) is 0 Å². The van der Waals surface area contributed by atoms with Gasteiger partial charge < -0.3 is 5.73 Å². The zero-order chi connectivity index (χ0) is 8.27. The van der Waals surface area contributed by atoms with Crippen LogP contribution in [0.5, 0.6) is 0 Å². The SMILES string of the molecule is N#C[C@H]([NH3+])c1ccc(F)cc1. The Morgan fingerprint density at radius 1 is 1.36 bits per heavy atom. The van der Waals surface area contributed by atoms with E-state index >= 15 is 0 Å². The smallest absolute Gasteiger partial charge is 0.197 e. The van der Waals surface area contributed by atoms with Crippen molar-refractivity contribution >= 4 is 0 Å². The van der Waals surface area contributed by atoms with Crippen molar-refractivity contribution in [2.75, 3.05) is 0 Å². The van der Waals surface area contributed by atoms with Gasteiger partial charge in [-0.1, -0.05) is 0 Å². The molecule has 1 rings (SSSR count). The van der Waals surface area contributed by atoms with Crippen LogP contribution in [0.2, 0.25) is 0 Å². The molecule has 0 unspecified atom stereocenters. The number of nitrogens with zero attached hydrogens (tertiary/aromatic N) is 1. The van der Waals surface area contributed by atoms with Crippen LogP contribution < -0.4 is 5.73 Å². The second kappa shape index (κ2) is 3.13. The zero-order valence-corrected chi connectivity index (χ0v) is 5.92. The molecule has 2 nitrogen and oxygen atoms in total. The van der Waals surface area contributed by atoms with Crippen molar-refractivity contribution in [1.29, 1.82) is 5.26 Å². The Bertz CT molecular complexity index is 273. The standard InChI is InChI=1S/C8H7FN2/c9-7-3-1-6(2-4-7)8(11)5-10/h1-4,8H,11H2/p+1/t8-/m0/s1. The topological polar surface area (TPSA) is 51.4 Å². The summed E-state index contributed by atoms with van der Waals surface area (Å²) >= 11 is 0. The van der Waals surface area contributed by atoms with E-state index < -0.39 is 6.04 Å². The molecule has 0 aliphatic carbocycles. The molecule has 1 aromatic rings. The summed E-state index contributed by atoms with van der Waals surface area (Å²) in [5.41, 5.74) is 4.32. The maximum absolute atomic E-state index is 12.4. The zero-order valence-electron chi connectivity index (χ0n) is 5.92. The van der Waals surface area contributed by atoms with E-state index in [9.17, 15) is 4.39 Å². The summed E-state index contributed by atoms with van der Waals surface area (Å²) in [7, 11) is 0. The minimum Gasteiger partial charge on any atom is -0.339 e. The Hall–Kier alpha value is -1.40. The first-order valence-electron chi connectivity index (χ1n) is 3.22. The highest BCUT2D eigenvalue weighted by Gasteiger charge is 2.05. The van der Waals surface area contributed by atoms with E-state index in [0.29, 0.717) is 0 Å². The Labute approximate surface area is 64.1 Å². The lowest BCUT2D eigenvalue weighted by atomic mass is 10.1. The maximum atomic E-state index is 12.4. The van der Waals surface area contributed by atoms with Gasteiger partial charge in [-0.15, -0.1) is 0 Å². The van der Waals surface area contributed by atoms with Crippen LogP contribution in [0, 0.1) is 17.1 Å². The molecule has 0 aromatic heterocycles. The number of hydrogen-bond donors (Lipinski definition) is 1. The van der Waals surface area contributed by atoms with Crippen LogP contribution in [0.1, 0.15) is 11.6 Å². The molecule has 0 spiro atoms. The first-order chi connectivity index (χ1) is 5.24. The van der Waals surface area contributed by atoms with Gasteiger partial charge in [0.05, 0.1) is 0 Å². The number of halogens is 1. The third-order valence-corrected chi connectivity index (χ3v) is 1.43. The third-order valence-electron chi connectivity index (χ3n) is 1.43. The number of quaternary nitrogens is 1. The van der Waals surface area contributed by atoms with Gasteiger partial charge in [0.1, 0.15) is 11.9 Å². The molecule has 0 fully saturated rings. The number of hydrogen-bond acceptors (Lipinski definition) is 1. The molecular formula is C8H8FN2+. The van der Waals surface area contributed by atoms with Crippen LogP contribution in [0.4, 0.5) is 4.39 Å². The van der Waals surface area contributed by atoms with Gasteiger partial charge in [0, 0.05) is 5.56 Å². The average molecular weight is 151 g/mol. The molecule has 3 N–H and O–H groups in total. The second-order valence-corrected chi connectivity index (χ2v) is 2.23. The van der Waals surface area contributed by atoms with E-state index in [-0.39, 0.29) is 5.82 Å². The van der Waals surface area contributed by atoms with E-state index in [1.165, 1.54) is 12.1 Å². The van der Waals surface area contributed by atoms with Gasteiger partial charge in [-0.25, -0.2) is 4.39 Å². The second-order valence-electron chi connectivity index (χ2n) is 2.23. The summed E-state index contributed by atoms with van der Waals surface area (Å²) < 4.78 is 12.4. The van der Waals surface area contributed by atoms with E-state index in [1.807, 2.05) is 6.07 Å². The highest BCUT2D eigenvalue weighted by molar-refractivity contribution is 5.21. The molecule has 0 amide bonds. The predicted octanol–water partition coefficient (Wildman–Crippen LogP) is 0.632. The van der Waals surface area contributed by atoms with Gasteiger partial charge in [-0.3, -0.25) is 0 Å². The van der Waals surface area contributed by atoms with Gasteiger partial charge in [-0.2, -0.15) is 5.26 Å². The van der Waals surface area contributed by atoms with Crippen LogP contribution in [0.3, 0.4) is 0 Å². The fourth-order valence-electron chi connectivity index (χ4n) is 0.770. The Morgan fingerprint density at radius 3 is 2.36 bits per heavy atom. The summed E-state index contributed by atoms with van der Waals surface area (Å²) in [4.78, 5) is 0. The van der Waals surface area contributed by atoms with Crippen molar-refractivity contribution < 1.29 is 10.1 Å². The lowest BCUT2D eigenvalue weighted by Crippen LogP contribution is -2.52. The first-order valence-corrected chi connectivity index (χ1v) is 3.22. The highest BCUT2D eigenvalue weighted by atomic mass is 19.1. The Morgan fingerprint density at radius 2 is 1.91 bits per heavy atom. The minimum atomic E-state index is -0.407. The quantitative estimate of drug-likeness (QED) is 0.628. The molecule has 0 aliphatic heterocycles. The minimum absolute atomic E-state index is 0.293. The summed E-state index contributed by atoms with van der Waals surface area (Å²) in [6.07, 6.45) is 0. The van der Waals surface area contributed by atoms with Gasteiger partial charge in [0.25, 0.3) is 0 Å². The molecular weight excluding hydrogens is 143 g/mol. The molecule has 0 aliphatic rings. The van der Waals surface area contributed by atoms with Crippen molar-refractivity contribution in [3.8, 4) is 6.07 Å². The van der Waals surface area contributed by atoms with E-state index in [2.05, 4.69) is 5.73 Å². The summed E-state index contributed by atoms with van der Waals surface area (Å²) in [6, 6.07) is 7.34. The number of rotatable bonds is 1. The van der Waals surface area contributed by atoms with Crippen LogP contribution >= 0.6 is 0 Å². The molecule has 3 heteroatoms. The molecule has 56 valence electrons. The predicted molar refractivity (Wildman–Crippen MR) is 37.6 cm³/mol. The first kappa shape index (κ1) is 7.70. The van der Waals surface area contributed by atoms with Crippen molar-refractivity contribution in [2.24, 2.45) is 0 Å². The maximum Gasteiger partial charge on any atom is 0.197 e. The Balaban J connectivity index is 2.92. The van der Waals surface area contributed by atoms with Crippen molar-refractivity contribution in [3.63, 3.8) is 0 Å².